The van der Waals surface area contributed by atoms with Crippen molar-refractivity contribution in [2.24, 2.45) is 12.1 Å². The predicted octanol–water partition coefficient (Wildman–Crippen LogP) is 2.75. The van der Waals surface area contributed by atoms with E-state index in [-0.39, 0.29) is 4.21 Å². The molecule has 0 saturated carbocycles. The van der Waals surface area contributed by atoms with Gasteiger partial charge >= 0.3 is 0 Å². The van der Waals surface area contributed by atoms with Crippen molar-refractivity contribution in [3.63, 3.8) is 0 Å². The molecule has 0 saturated heterocycles. The second-order valence-electron chi connectivity index (χ2n) is 4.18. The summed E-state index contributed by atoms with van der Waals surface area (Å²) in [6.07, 6.45) is 0. The van der Waals surface area contributed by atoms with Crippen LogP contribution in [-0.2, 0) is 17.1 Å². The lowest BCUT2D eigenvalue weighted by atomic mass is 10.3. The molecule has 110 valence electrons. The molecule has 0 fully saturated rings. The Morgan fingerprint density at radius 3 is 2.62 bits per heavy atom. The van der Waals surface area contributed by atoms with Gasteiger partial charge in [-0.05, 0) is 24.3 Å². The number of nitrogens with one attached hydrogen (secondary N) is 1. The molecule has 1 aromatic carbocycles. The first-order chi connectivity index (χ1) is 9.97. The van der Waals surface area contributed by atoms with Gasteiger partial charge in [-0.15, -0.1) is 16.4 Å². The molecule has 2 aromatic heterocycles. The van der Waals surface area contributed by atoms with Crippen LogP contribution in [0.2, 0.25) is 4.34 Å². The fourth-order valence-electron chi connectivity index (χ4n) is 1.77. The highest BCUT2D eigenvalue weighted by Gasteiger charge is 2.15. The van der Waals surface area contributed by atoms with Crippen LogP contribution in [0.5, 0.6) is 0 Å². The summed E-state index contributed by atoms with van der Waals surface area (Å²) in [7, 11) is -1.84. The zero-order chi connectivity index (χ0) is 15.0. The molecule has 2 heterocycles. The van der Waals surface area contributed by atoms with Crippen LogP contribution in [0.3, 0.4) is 0 Å². The topological polar surface area (TPSA) is 63.5 Å². The third-order valence-electron chi connectivity index (χ3n) is 2.79. The van der Waals surface area contributed by atoms with Gasteiger partial charge in [-0.3, -0.25) is 0 Å². The first-order valence-electron chi connectivity index (χ1n) is 5.83. The molecule has 0 unspecified atom stereocenters. The molecular formula is C12H10ClN3O2S3. The Balaban J connectivity index is 2.00. The highest BCUT2D eigenvalue weighted by atomic mass is 35.5. The summed E-state index contributed by atoms with van der Waals surface area (Å²) in [5, 5.41) is 4.01. The summed E-state index contributed by atoms with van der Waals surface area (Å²) < 4.78 is 27.6. The highest BCUT2D eigenvalue weighted by molar-refractivity contribution is 7.91. The Bertz CT molecular complexity index is 969. The quantitative estimate of drug-likeness (QED) is 0.731. The number of hydrogen-bond acceptors (Lipinski definition) is 5. The fraction of sp³-hybridized carbons (Fsp3) is 0.0833. The van der Waals surface area contributed by atoms with E-state index in [9.17, 15) is 8.42 Å². The lowest BCUT2D eigenvalue weighted by molar-refractivity contribution is 0.584. The van der Waals surface area contributed by atoms with Crippen LogP contribution in [0.1, 0.15) is 0 Å². The number of halogens is 1. The average Bonchev–Trinajstić information content (AvgIpc) is 3.02. The third kappa shape index (κ3) is 2.84. The first kappa shape index (κ1) is 14.6. The zero-order valence-electron chi connectivity index (χ0n) is 10.8. The van der Waals surface area contributed by atoms with Crippen LogP contribution < -0.4 is 9.63 Å². The standard InChI is InChI=1S/C12H10ClN3O2S3/c1-16-8-4-2-3-5-9(8)19-12(16)14-15-21(17,18)11-7-6-10(13)20-11/h2-7,15H,1H3. The van der Waals surface area contributed by atoms with Gasteiger partial charge in [-0.25, -0.2) is 0 Å². The number of benzene rings is 1. The smallest absolute Gasteiger partial charge is 0.286 e. The van der Waals surface area contributed by atoms with Crippen molar-refractivity contribution in [2.45, 2.75) is 4.21 Å². The number of thiophene rings is 1. The fourth-order valence-corrected chi connectivity index (χ4v) is 5.09. The monoisotopic (exact) mass is 359 g/mol. The number of rotatable bonds is 3. The van der Waals surface area contributed by atoms with Gasteiger partial charge in [-0.1, -0.05) is 35.1 Å². The van der Waals surface area contributed by atoms with E-state index in [4.69, 9.17) is 11.6 Å². The molecule has 0 atom stereocenters. The second-order valence-corrected chi connectivity index (χ2v) is 8.79. The average molecular weight is 360 g/mol. The van der Waals surface area contributed by atoms with Crippen molar-refractivity contribution in [2.75, 3.05) is 0 Å². The van der Waals surface area contributed by atoms with Gasteiger partial charge in [0.1, 0.15) is 4.21 Å². The predicted molar refractivity (Wildman–Crippen MR) is 86.0 cm³/mol. The molecular weight excluding hydrogens is 350 g/mol. The van der Waals surface area contributed by atoms with Crippen LogP contribution in [0.25, 0.3) is 10.2 Å². The van der Waals surface area contributed by atoms with Gasteiger partial charge in [0.2, 0.25) is 4.80 Å². The molecule has 0 radical (unpaired) electrons. The molecule has 0 amide bonds. The Labute approximate surface area is 134 Å². The molecule has 3 rings (SSSR count). The summed E-state index contributed by atoms with van der Waals surface area (Å²) in [5.74, 6) is 0. The van der Waals surface area contributed by atoms with E-state index in [0.29, 0.717) is 9.14 Å². The van der Waals surface area contributed by atoms with Crippen molar-refractivity contribution in [3.05, 3.63) is 45.5 Å². The SMILES string of the molecule is Cn1c(=NNS(=O)(=O)c2ccc(Cl)s2)sc2ccccc21. The normalized spacial score (nSPS) is 13.0. The Morgan fingerprint density at radius 1 is 1.19 bits per heavy atom. The van der Waals surface area contributed by atoms with Crippen molar-refractivity contribution < 1.29 is 8.42 Å². The zero-order valence-corrected chi connectivity index (χ0v) is 14.0. The van der Waals surface area contributed by atoms with Gasteiger partial charge in [0.05, 0.1) is 14.6 Å². The maximum absolute atomic E-state index is 12.1. The minimum absolute atomic E-state index is 0.139. The van der Waals surface area contributed by atoms with Crippen LogP contribution in [0, 0.1) is 0 Å². The largest absolute Gasteiger partial charge is 0.318 e. The molecule has 0 aliphatic carbocycles. The Morgan fingerprint density at radius 2 is 1.95 bits per heavy atom. The molecule has 9 heteroatoms. The van der Waals surface area contributed by atoms with E-state index in [2.05, 4.69) is 9.93 Å². The second kappa shape index (κ2) is 5.45. The molecule has 0 spiro atoms. The molecule has 21 heavy (non-hydrogen) atoms. The number of aromatic nitrogens is 1. The number of fused-ring (bicyclic) bond motifs is 1. The van der Waals surface area contributed by atoms with Gasteiger partial charge in [0.15, 0.2) is 0 Å². The van der Waals surface area contributed by atoms with E-state index in [0.717, 1.165) is 21.6 Å². The lowest BCUT2D eigenvalue weighted by Crippen LogP contribution is -2.22. The minimum Gasteiger partial charge on any atom is -0.318 e. The third-order valence-corrected chi connectivity index (χ3v) is 6.83. The molecule has 0 bridgehead atoms. The summed E-state index contributed by atoms with van der Waals surface area (Å²) in [4.78, 5) is 2.82. The molecule has 0 aliphatic rings. The Kier molecular flexibility index (Phi) is 3.78. The van der Waals surface area contributed by atoms with Crippen LogP contribution in [-0.4, -0.2) is 13.0 Å². The van der Waals surface area contributed by atoms with Crippen LogP contribution >= 0.6 is 34.3 Å². The van der Waals surface area contributed by atoms with E-state index >= 15 is 0 Å². The molecule has 1 N–H and O–H groups in total. The van der Waals surface area contributed by atoms with Gasteiger partial charge < -0.3 is 4.57 Å². The minimum atomic E-state index is -3.68. The maximum Gasteiger partial charge on any atom is 0.286 e. The number of para-hydroxylation sites is 1. The summed E-state index contributed by atoms with van der Waals surface area (Å²) in [5.41, 5.74) is 1.000. The maximum atomic E-state index is 12.1. The van der Waals surface area contributed by atoms with E-state index < -0.39 is 10.0 Å². The summed E-state index contributed by atoms with van der Waals surface area (Å²) in [6, 6.07) is 10.8. The van der Waals surface area contributed by atoms with Gasteiger partial charge in [0, 0.05) is 7.05 Å². The Hall–Kier alpha value is -1.35. The number of sulfonamides is 1. The van der Waals surface area contributed by atoms with Gasteiger partial charge in [-0.2, -0.15) is 13.2 Å². The van der Waals surface area contributed by atoms with E-state index in [1.165, 1.54) is 17.4 Å². The van der Waals surface area contributed by atoms with Gasteiger partial charge in [0.25, 0.3) is 10.0 Å². The van der Waals surface area contributed by atoms with Crippen molar-refractivity contribution >= 4 is 54.5 Å². The van der Waals surface area contributed by atoms with E-state index in [1.54, 1.807) is 6.07 Å². The van der Waals surface area contributed by atoms with Crippen molar-refractivity contribution in [1.82, 2.24) is 9.40 Å². The summed E-state index contributed by atoms with van der Waals surface area (Å²) >= 11 is 8.16. The van der Waals surface area contributed by atoms with Crippen molar-refractivity contribution in [1.29, 1.82) is 0 Å². The van der Waals surface area contributed by atoms with Crippen LogP contribution in [0.4, 0.5) is 0 Å². The number of aryl methyl sites for hydroxylation is 1. The van der Waals surface area contributed by atoms with Crippen molar-refractivity contribution in [3.8, 4) is 0 Å². The number of nitrogens with zero attached hydrogens (tertiary/aromatic N) is 2. The van der Waals surface area contributed by atoms with Crippen LogP contribution in [0.15, 0.2) is 45.7 Å². The summed E-state index contributed by atoms with van der Waals surface area (Å²) in [6.45, 7) is 0. The first-order valence-corrected chi connectivity index (χ1v) is 9.32. The highest BCUT2D eigenvalue weighted by Crippen LogP contribution is 2.25. The number of thiazole rings is 1. The molecule has 3 aromatic rings. The number of hydrogen-bond donors (Lipinski definition) is 1. The lowest BCUT2D eigenvalue weighted by Gasteiger charge is -1.99. The molecule has 5 nitrogen and oxygen atoms in total. The molecule has 0 aliphatic heterocycles. The van der Waals surface area contributed by atoms with E-state index in [1.807, 2.05) is 35.9 Å².